The molecule has 1 fully saturated rings. The minimum absolute atomic E-state index is 0.143. The van der Waals surface area contributed by atoms with Gasteiger partial charge in [-0.3, -0.25) is 4.79 Å². The summed E-state index contributed by atoms with van der Waals surface area (Å²) in [5.41, 5.74) is -0.0533. The summed E-state index contributed by atoms with van der Waals surface area (Å²) in [5.74, 6) is -0.143. The van der Waals surface area contributed by atoms with E-state index in [1.165, 1.54) is 4.90 Å². The molecule has 1 aromatic rings. The smallest absolute Gasteiger partial charge is 0.254 e. The zero-order chi connectivity index (χ0) is 15.8. The predicted octanol–water partition coefficient (Wildman–Crippen LogP) is 2.56. The van der Waals surface area contributed by atoms with Crippen LogP contribution in [0.4, 0.5) is 0 Å². The summed E-state index contributed by atoms with van der Waals surface area (Å²) in [7, 11) is 0. The van der Waals surface area contributed by atoms with E-state index < -0.39 is 23.3 Å². The maximum absolute atomic E-state index is 12.6. The van der Waals surface area contributed by atoms with Crippen molar-refractivity contribution in [2.24, 2.45) is 5.41 Å². The third-order valence-electron chi connectivity index (χ3n) is 4.03. The highest BCUT2D eigenvalue weighted by Gasteiger charge is 2.56. The molecule has 0 aliphatic carbocycles. The van der Waals surface area contributed by atoms with Crippen molar-refractivity contribution in [1.82, 2.24) is 4.90 Å². The van der Waals surface area contributed by atoms with Crippen molar-refractivity contribution in [3.8, 4) is 0 Å². The molecule has 0 bridgehead atoms. The fourth-order valence-electron chi connectivity index (χ4n) is 2.77. The average molecular weight is 291 g/mol. The van der Waals surface area contributed by atoms with Gasteiger partial charge in [0.15, 0.2) is 0 Å². The Balaban J connectivity index is 2.17. The first kappa shape index (κ1) is 16.0. The summed E-state index contributed by atoms with van der Waals surface area (Å²) in [4.78, 5) is 14.2. The van der Waals surface area contributed by atoms with Crippen LogP contribution >= 0.6 is 0 Å². The predicted molar refractivity (Wildman–Crippen MR) is 81.4 cm³/mol. The van der Waals surface area contributed by atoms with Gasteiger partial charge in [0.1, 0.15) is 12.3 Å². The summed E-state index contributed by atoms with van der Waals surface area (Å²) >= 11 is 0. The number of rotatable bonds is 3. The standard InChI is InChI=1S/C17H25NO3/c1-16(2,3)18-14(19)13(17(4,5)15(18)20)21-11-12-9-7-6-8-10-12/h6-10,13,15,20H,11H2,1-5H3/t13-,15+/m1/s1. The lowest BCUT2D eigenvalue weighted by atomic mass is 9.87. The van der Waals surface area contributed by atoms with Gasteiger partial charge in [0, 0.05) is 11.0 Å². The molecular formula is C17H25NO3. The molecule has 1 N–H and O–H groups in total. The SMILES string of the molecule is CC1(C)[C@H](OCc2ccccc2)C(=O)N(C(C)(C)C)[C@H]1O. The van der Waals surface area contributed by atoms with Crippen molar-refractivity contribution in [3.63, 3.8) is 0 Å². The van der Waals surface area contributed by atoms with Crippen molar-refractivity contribution >= 4 is 5.91 Å². The van der Waals surface area contributed by atoms with E-state index in [0.29, 0.717) is 6.61 Å². The zero-order valence-electron chi connectivity index (χ0n) is 13.5. The summed E-state index contributed by atoms with van der Waals surface area (Å²) in [6.45, 7) is 9.87. The quantitative estimate of drug-likeness (QED) is 0.931. The summed E-state index contributed by atoms with van der Waals surface area (Å²) in [5, 5.41) is 10.5. The normalized spacial score (nSPS) is 25.4. The highest BCUT2D eigenvalue weighted by atomic mass is 16.5. The van der Waals surface area contributed by atoms with Crippen LogP contribution in [0.3, 0.4) is 0 Å². The Hall–Kier alpha value is -1.39. The van der Waals surface area contributed by atoms with Gasteiger partial charge in [0.25, 0.3) is 5.91 Å². The third kappa shape index (κ3) is 2.97. The van der Waals surface area contributed by atoms with Crippen LogP contribution in [0.25, 0.3) is 0 Å². The number of carbonyl (C=O) groups is 1. The molecule has 0 spiro atoms. The lowest BCUT2D eigenvalue weighted by Gasteiger charge is -2.37. The van der Waals surface area contributed by atoms with Gasteiger partial charge >= 0.3 is 0 Å². The molecule has 1 saturated heterocycles. The van der Waals surface area contributed by atoms with Crippen LogP contribution in [-0.2, 0) is 16.1 Å². The van der Waals surface area contributed by atoms with Gasteiger partial charge in [-0.15, -0.1) is 0 Å². The van der Waals surface area contributed by atoms with Gasteiger partial charge in [0.2, 0.25) is 0 Å². The largest absolute Gasteiger partial charge is 0.373 e. The lowest BCUT2D eigenvalue weighted by molar-refractivity contribution is -0.147. The van der Waals surface area contributed by atoms with Crippen LogP contribution in [0.1, 0.15) is 40.2 Å². The molecule has 0 saturated carbocycles. The summed E-state index contributed by atoms with van der Waals surface area (Å²) in [6, 6.07) is 9.75. The lowest BCUT2D eigenvalue weighted by Crippen LogP contribution is -2.49. The molecule has 1 aliphatic rings. The van der Waals surface area contributed by atoms with Gasteiger partial charge in [-0.2, -0.15) is 0 Å². The minimum atomic E-state index is -0.842. The number of aliphatic hydroxyl groups is 1. The number of nitrogens with zero attached hydrogens (tertiary/aromatic N) is 1. The van der Waals surface area contributed by atoms with Gasteiger partial charge in [-0.1, -0.05) is 44.2 Å². The first-order chi connectivity index (χ1) is 9.65. The molecule has 1 amide bonds. The van der Waals surface area contributed by atoms with E-state index in [1.54, 1.807) is 0 Å². The molecule has 1 aromatic carbocycles. The van der Waals surface area contributed by atoms with Gasteiger partial charge in [-0.25, -0.2) is 0 Å². The van der Waals surface area contributed by atoms with E-state index in [4.69, 9.17) is 4.74 Å². The number of likely N-dealkylation sites (tertiary alicyclic amines) is 1. The first-order valence-electron chi connectivity index (χ1n) is 7.32. The number of amides is 1. The van der Waals surface area contributed by atoms with Crippen LogP contribution in [0, 0.1) is 5.41 Å². The van der Waals surface area contributed by atoms with Crippen molar-refractivity contribution in [1.29, 1.82) is 0 Å². The number of ether oxygens (including phenoxy) is 1. The number of aliphatic hydroxyl groups excluding tert-OH is 1. The monoisotopic (exact) mass is 291 g/mol. The molecule has 1 aliphatic heterocycles. The van der Waals surface area contributed by atoms with E-state index in [-0.39, 0.29) is 5.91 Å². The molecule has 4 heteroatoms. The van der Waals surface area contributed by atoms with Crippen molar-refractivity contribution in [2.45, 2.75) is 59.1 Å². The fraction of sp³-hybridized carbons (Fsp3) is 0.588. The average Bonchev–Trinajstić information content (AvgIpc) is 2.55. The number of hydrogen-bond acceptors (Lipinski definition) is 3. The van der Waals surface area contributed by atoms with Crippen molar-refractivity contribution in [2.75, 3.05) is 0 Å². The molecule has 0 aromatic heterocycles. The molecule has 0 unspecified atom stereocenters. The maximum Gasteiger partial charge on any atom is 0.254 e. The van der Waals surface area contributed by atoms with Crippen LogP contribution in [0.15, 0.2) is 30.3 Å². The maximum atomic E-state index is 12.6. The van der Waals surface area contributed by atoms with E-state index >= 15 is 0 Å². The molecule has 0 radical (unpaired) electrons. The van der Waals surface area contributed by atoms with Crippen molar-refractivity contribution in [3.05, 3.63) is 35.9 Å². The molecule has 21 heavy (non-hydrogen) atoms. The number of carbonyl (C=O) groups excluding carboxylic acids is 1. The second-order valence-electron chi connectivity index (χ2n) is 7.25. The van der Waals surface area contributed by atoms with Crippen molar-refractivity contribution < 1.29 is 14.6 Å². The number of hydrogen-bond donors (Lipinski definition) is 1. The second kappa shape index (κ2) is 5.43. The Morgan fingerprint density at radius 2 is 1.81 bits per heavy atom. The van der Waals surface area contributed by atoms with E-state index in [2.05, 4.69) is 0 Å². The van der Waals surface area contributed by atoms with Crippen LogP contribution in [-0.4, -0.2) is 33.8 Å². The van der Waals surface area contributed by atoms with Gasteiger partial charge < -0.3 is 14.7 Å². The topological polar surface area (TPSA) is 49.8 Å². The molecule has 4 nitrogen and oxygen atoms in total. The Labute approximate surface area is 126 Å². The Morgan fingerprint density at radius 1 is 1.24 bits per heavy atom. The molecule has 2 rings (SSSR count). The fourth-order valence-corrected chi connectivity index (χ4v) is 2.77. The van der Waals surface area contributed by atoms with Crippen LogP contribution in [0.5, 0.6) is 0 Å². The minimum Gasteiger partial charge on any atom is -0.373 e. The third-order valence-corrected chi connectivity index (χ3v) is 4.03. The van der Waals surface area contributed by atoms with E-state index in [0.717, 1.165) is 5.56 Å². The van der Waals surface area contributed by atoms with E-state index in [1.807, 2.05) is 65.0 Å². The number of benzene rings is 1. The summed E-state index contributed by atoms with van der Waals surface area (Å²) < 4.78 is 5.86. The Bertz CT molecular complexity index is 505. The van der Waals surface area contributed by atoms with E-state index in [9.17, 15) is 9.90 Å². The van der Waals surface area contributed by atoms with Gasteiger partial charge in [-0.05, 0) is 26.3 Å². The van der Waals surface area contributed by atoms with Crippen LogP contribution < -0.4 is 0 Å². The van der Waals surface area contributed by atoms with Crippen LogP contribution in [0.2, 0.25) is 0 Å². The van der Waals surface area contributed by atoms with Gasteiger partial charge in [0.05, 0.1) is 6.61 Å². The molecule has 2 atom stereocenters. The first-order valence-corrected chi connectivity index (χ1v) is 7.32. The molecule has 116 valence electrons. The highest BCUT2D eigenvalue weighted by molar-refractivity contribution is 5.85. The Morgan fingerprint density at radius 3 is 2.29 bits per heavy atom. The Kier molecular flexibility index (Phi) is 4.13. The second-order valence-corrected chi connectivity index (χ2v) is 7.25. The molecule has 1 heterocycles. The molecular weight excluding hydrogens is 266 g/mol. The highest BCUT2D eigenvalue weighted by Crippen LogP contribution is 2.41. The summed E-state index contributed by atoms with van der Waals surface area (Å²) in [6.07, 6.45) is -1.47. The zero-order valence-corrected chi connectivity index (χ0v) is 13.5.